The molecular weight excluding hydrogens is 163 g/mol. The predicted molar refractivity (Wildman–Crippen MR) is 61.6 cm³/mol. The zero-order valence-corrected chi connectivity index (χ0v) is 10.3. The van der Waals surface area contributed by atoms with Crippen LogP contribution in [0.4, 0.5) is 0 Å². The van der Waals surface area contributed by atoms with Gasteiger partial charge in [0.2, 0.25) is 0 Å². The summed E-state index contributed by atoms with van der Waals surface area (Å²) in [6, 6.07) is 0. The van der Waals surface area contributed by atoms with E-state index in [4.69, 9.17) is 0 Å². The van der Waals surface area contributed by atoms with E-state index in [9.17, 15) is 0 Å². The Kier molecular flexibility index (Phi) is 7.14. The van der Waals surface area contributed by atoms with Crippen LogP contribution in [0, 0.1) is 0 Å². The Bertz CT molecular complexity index is 91.2. The van der Waals surface area contributed by atoms with Crippen LogP contribution in [-0.2, 0) is 0 Å². The number of hydrogen-bond acceptors (Lipinski definition) is 0. The van der Waals surface area contributed by atoms with Crippen molar-refractivity contribution in [1.29, 1.82) is 0 Å². The van der Waals surface area contributed by atoms with Crippen molar-refractivity contribution >= 4 is 7.92 Å². The first-order valence-corrected chi connectivity index (χ1v) is 7.09. The van der Waals surface area contributed by atoms with Crippen molar-refractivity contribution in [3.8, 4) is 0 Å². The third kappa shape index (κ3) is 3.90. The first kappa shape index (κ1) is 12.4. The lowest BCUT2D eigenvalue weighted by atomic mass is 10.4. The van der Waals surface area contributed by atoms with Gasteiger partial charge in [0.1, 0.15) is 0 Å². The maximum Gasteiger partial charge on any atom is -0.0238 e. The molecule has 0 saturated carbocycles. The first-order chi connectivity index (χ1) is 5.67. The van der Waals surface area contributed by atoms with Crippen molar-refractivity contribution in [2.45, 2.75) is 65.2 Å². The summed E-state index contributed by atoms with van der Waals surface area (Å²) in [4.78, 5) is 0. The van der Waals surface area contributed by atoms with Crippen molar-refractivity contribution in [3.05, 3.63) is 0 Å². The fraction of sp³-hybridized carbons (Fsp3) is 1.00. The number of hydrogen-bond donors (Lipinski definition) is 0. The standard InChI is InChI=1S/C11H25P/c1-6-9-12(10(4)7-2)11(5)8-3/h10-11H,6-9H2,1-5H3. The largest absolute Gasteiger partial charge is 0.101 e. The van der Waals surface area contributed by atoms with E-state index in [0.29, 0.717) is 7.92 Å². The van der Waals surface area contributed by atoms with Gasteiger partial charge in [-0.15, -0.1) is 7.92 Å². The van der Waals surface area contributed by atoms with Gasteiger partial charge in [0.05, 0.1) is 0 Å². The normalized spacial score (nSPS) is 18.8. The summed E-state index contributed by atoms with van der Waals surface area (Å²) in [6.45, 7) is 11.9. The Labute approximate surface area is 79.9 Å². The highest BCUT2D eigenvalue weighted by atomic mass is 31.1. The second kappa shape index (κ2) is 6.89. The third-order valence-corrected chi connectivity index (χ3v) is 6.75. The SMILES string of the molecule is CCCP(C(C)CC)C(C)CC. The van der Waals surface area contributed by atoms with E-state index in [1.165, 1.54) is 25.4 Å². The zero-order chi connectivity index (χ0) is 9.56. The highest BCUT2D eigenvalue weighted by molar-refractivity contribution is 7.59. The highest BCUT2D eigenvalue weighted by Gasteiger charge is 2.18. The van der Waals surface area contributed by atoms with Crippen LogP contribution in [0.1, 0.15) is 53.9 Å². The second-order valence-corrected chi connectivity index (χ2v) is 6.99. The highest BCUT2D eigenvalue weighted by Crippen LogP contribution is 2.48. The van der Waals surface area contributed by atoms with Gasteiger partial charge in [-0.2, -0.15) is 0 Å². The first-order valence-electron chi connectivity index (χ1n) is 5.43. The summed E-state index contributed by atoms with van der Waals surface area (Å²) in [6.07, 6.45) is 5.60. The van der Waals surface area contributed by atoms with E-state index >= 15 is 0 Å². The molecule has 0 aromatic carbocycles. The van der Waals surface area contributed by atoms with E-state index in [1.54, 1.807) is 0 Å². The van der Waals surface area contributed by atoms with Crippen molar-refractivity contribution in [3.63, 3.8) is 0 Å². The molecule has 0 amide bonds. The molecule has 0 heterocycles. The molecule has 74 valence electrons. The topological polar surface area (TPSA) is 0 Å². The third-order valence-electron chi connectivity index (χ3n) is 2.80. The molecule has 0 saturated heterocycles. The summed E-state index contributed by atoms with van der Waals surface area (Å²) in [5.41, 5.74) is 1.96. The molecule has 0 bridgehead atoms. The molecule has 0 N–H and O–H groups in total. The molecule has 0 aromatic rings. The maximum atomic E-state index is 2.44. The van der Waals surface area contributed by atoms with Gasteiger partial charge in [0.25, 0.3) is 0 Å². The minimum atomic E-state index is 0.317. The Morgan fingerprint density at radius 2 is 1.33 bits per heavy atom. The molecule has 0 aliphatic heterocycles. The van der Waals surface area contributed by atoms with E-state index in [1.807, 2.05) is 0 Å². The van der Waals surface area contributed by atoms with E-state index in [2.05, 4.69) is 34.6 Å². The van der Waals surface area contributed by atoms with Gasteiger partial charge in [-0.05, 0) is 30.3 Å². The van der Waals surface area contributed by atoms with Gasteiger partial charge in [-0.25, -0.2) is 0 Å². The molecule has 0 nitrogen and oxygen atoms in total. The summed E-state index contributed by atoms with van der Waals surface area (Å²) in [7, 11) is 0.317. The van der Waals surface area contributed by atoms with Crippen LogP contribution in [0.2, 0.25) is 0 Å². The quantitative estimate of drug-likeness (QED) is 0.539. The lowest BCUT2D eigenvalue weighted by Gasteiger charge is -2.29. The van der Waals surface area contributed by atoms with Crippen LogP contribution in [0.25, 0.3) is 0 Å². The van der Waals surface area contributed by atoms with Gasteiger partial charge in [0, 0.05) is 0 Å². The lowest BCUT2D eigenvalue weighted by molar-refractivity contribution is 0.824. The summed E-state index contributed by atoms with van der Waals surface area (Å²) in [5.74, 6) is 0. The molecule has 0 fully saturated rings. The van der Waals surface area contributed by atoms with E-state index < -0.39 is 0 Å². The van der Waals surface area contributed by atoms with Crippen LogP contribution < -0.4 is 0 Å². The van der Waals surface area contributed by atoms with Gasteiger partial charge >= 0.3 is 0 Å². The maximum absolute atomic E-state index is 2.44. The molecule has 0 spiro atoms. The van der Waals surface area contributed by atoms with E-state index in [-0.39, 0.29) is 0 Å². The molecule has 0 aliphatic rings. The van der Waals surface area contributed by atoms with Crippen molar-refractivity contribution in [2.24, 2.45) is 0 Å². The monoisotopic (exact) mass is 188 g/mol. The molecule has 1 heteroatoms. The average Bonchev–Trinajstić information content (AvgIpc) is 2.11. The zero-order valence-electron chi connectivity index (χ0n) is 9.43. The van der Waals surface area contributed by atoms with Crippen molar-refractivity contribution in [1.82, 2.24) is 0 Å². The minimum absolute atomic E-state index is 0.317. The van der Waals surface area contributed by atoms with E-state index in [0.717, 1.165) is 11.3 Å². The summed E-state index contributed by atoms with van der Waals surface area (Å²) >= 11 is 0. The summed E-state index contributed by atoms with van der Waals surface area (Å²) < 4.78 is 0. The molecular formula is C11H25P. The Morgan fingerprint density at radius 1 is 0.917 bits per heavy atom. The Morgan fingerprint density at radius 3 is 1.58 bits per heavy atom. The second-order valence-electron chi connectivity index (χ2n) is 3.75. The van der Waals surface area contributed by atoms with Gasteiger partial charge in [-0.1, -0.05) is 41.0 Å². The molecule has 2 unspecified atom stereocenters. The number of rotatable bonds is 6. The van der Waals surface area contributed by atoms with Crippen LogP contribution in [-0.4, -0.2) is 17.5 Å². The Hall–Kier alpha value is 0.430. The van der Waals surface area contributed by atoms with Gasteiger partial charge in [-0.3, -0.25) is 0 Å². The molecule has 0 radical (unpaired) electrons. The fourth-order valence-corrected chi connectivity index (χ4v) is 4.81. The van der Waals surface area contributed by atoms with Crippen LogP contribution >= 0.6 is 7.92 Å². The molecule has 0 rings (SSSR count). The van der Waals surface area contributed by atoms with Crippen LogP contribution in [0.5, 0.6) is 0 Å². The van der Waals surface area contributed by atoms with Gasteiger partial charge in [0.15, 0.2) is 0 Å². The fourth-order valence-electron chi connectivity index (χ4n) is 1.60. The molecule has 2 atom stereocenters. The van der Waals surface area contributed by atoms with Crippen LogP contribution in [0.15, 0.2) is 0 Å². The Balaban J connectivity index is 4.01. The smallest absolute Gasteiger partial charge is 0.0238 e. The van der Waals surface area contributed by atoms with Gasteiger partial charge < -0.3 is 0 Å². The summed E-state index contributed by atoms with van der Waals surface area (Å²) in [5, 5.41) is 0. The van der Waals surface area contributed by atoms with Crippen molar-refractivity contribution in [2.75, 3.05) is 6.16 Å². The average molecular weight is 188 g/mol. The van der Waals surface area contributed by atoms with Crippen molar-refractivity contribution < 1.29 is 0 Å². The minimum Gasteiger partial charge on any atom is -0.101 e. The lowest BCUT2D eigenvalue weighted by Crippen LogP contribution is -2.10. The van der Waals surface area contributed by atoms with Crippen LogP contribution in [0.3, 0.4) is 0 Å². The predicted octanol–water partition coefficient (Wildman–Crippen LogP) is 4.48. The molecule has 0 aromatic heterocycles. The molecule has 12 heavy (non-hydrogen) atoms. The molecule has 0 aliphatic carbocycles.